The number of nitrogens with one attached hydrogen (secondary N) is 2. The fraction of sp³-hybridized carbons (Fsp3) is 0.188. The maximum absolute atomic E-state index is 13.1. The molecule has 9 nitrogen and oxygen atoms in total. The number of aromatic nitrogens is 4. The highest BCUT2D eigenvalue weighted by Gasteiger charge is 2.20. The van der Waals surface area contributed by atoms with Gasteiger partial charge in [0.05, 0.1) is 24.7 Å². The zero-order valence-corrected chi connectivity index (χ0v) is 16.4. The molecule has 0 unspecified atom stereocenters. The number of benzene rings is 1. The molecular formula is C16H15FN6O3S2. The Morgan fingerprint density at radius 3 is 2.71 bits per heavy atom. The van der Waals surface area contributed by atoms with Crippen LogP contribution < -0.4 is 15.4 Å². The summed E-state index contributed by atoms with van der Waals surface area (Å²) in [5.41, 5.74) is 0.615. The van der Waals surface area contributed by atoms with Crippen molar-refractivity contribution in [3.63, 3.8) is 0 Å². The lowest BCUT2D eigenvalue weighted by molar-refractivity contribution is -0.118. The number of hydrogen-bond acceptors (Lipinski definition) is 8. The van der Waals surface area contributed by atoms with Gasteiger partial charge in [-0.3, -0.25) is 14.9 Å². The number of amides is 2. The number of nitrogens with zero attached hydrogens (tertiary/aromatic N) is 4. The molecule has 0 radical (unpaired) electrons. The predicted octanol–water partition coefficient (Wildman–Crippen LogP) is 1.96. The standard InChI is InChI=1S/C16H15FN6O3S2/c1-18-12(24)8-27-16-21-20-15(28-16)19-14(25)13-11(26-2)7-23(22-13)10-5-3-9(17)4-6-10/h3-7H,8H2,1-2H3,(H,18,24)(H,19,20,25). The Kier molecular flexibility index (Phi) is 6.21. The molecule has 0 aliphatic carbocycles. The SMILES string of the molecule is CNC(=O)CSc1nnc(NC(=O)c2nn(-c3ccc(F)cc3)cc2OC)s1. The van der Waals surface area contributed by atoms with Gasteiger partial charge in [-0.2, -0.15) is 5.10 Å². The molecule has 0 atom stereocenters. The van der Waals surface area contributed by atoms with Crippen LogP contribution in [0.2, 0.25) is 0 Å². The number of thioether (sulfide) groups is 1. The van der Waals surface area contributed by atoms with Gasteiger partial charge >= 0.3 is 0 Å². The Hall–Kier alpha value is -2.99. The Labute approximate surface area is 167 Å². The van der Waals surface area contributed by atoms with Gasteiger partial charge in [0.1, 0.15) is 5.82 Å². The predicted molar refractivity (Wildman–Crippen MR) is 103 cm³/mol. The molecule has 0 spiro atoms. The Bertz CT molecular complexity index is 989. The van der Waals surface area contributed by atoms with Crippen LogP contribution >= 0.6 is 23.1 Å². The molecule has 0 fully saturated rings. The van der Waals surface area contributed by atoms with Gasteiger partial charge in [-0.1, -0.05) is 23.1 Å². The fourth-order valence-corrected chi connectivity index (χ4v) is 3.68. The lowest BCUT2D eigenvalue weighted by Gasteiger charge is -2.00. The van der Waals surface area contributed by atoms with Crippen molar-refractivity contribution in [2.24, 2.45) is 0 Å². The van der Waals surface area contributed by atoms with Crippen LogP contribution in [0.25, 0.3) is 5.69 Å². The average molecular weight is 422 g/mol. The van der Waals surface area contributed by atoms with Gasteiger partial charge in [-0.05, 0) is 24.3 Å². The van der Waals surface area contributed by atoms with E-state index < -0.39 is 5.91 Å². The number of methoxy groups -OCH3 is 1. The van der Waals surface area contributed by atoms with E-state index in [9.17, 15) is 14.0 Å². The minimum atomic E-state index is -0.531. The molecule has 0 bridgehead atoms. The summed E-state index contributed by atoms with van der Waals surface area (Å²) >= 11 is 2.35. The Balaban J connectivity index is 1.73. The second kappa shape index (κ2) is 8.80. The maximum Gasteiger partial charge on any atom is 0.281 e. The molecule has 1 aromatic carbocycles. The lowest BCUT2D eigenvalue weighted by atomic mass is 10.3. The molecule has 2 heterocycles. The van der Waals surface area contributed by atoms with Crippen molar-refractivity contribution in [2.75, 3.05) is 25.2 Å². The third kappa shape index (κ3) is 4.64. The van der Waals surface area contributed by atoms with E-state index in [-0.39, 0.29) is 34.1 Å². The smallest absolute Gasteiger partial charge is 0.281 e. The van der Waals surface area contributed by atoms with E-state index >= 15 is 0 Å². The monoisotopic (exact) mass is 422 g/mol. The van der Waals surface area contributed by atoms with Gasteiger partial charge in [-0.25, -0.2) is 9.07 Å². The first-order chi connectivity index (χ1) is 13.5. The van der Waals surface area contributed by atoms with Crippen molar-refractivity contribution in [1.82, 2.24) is 25.3 Å². The minimum Gasteiger partial charge on any atom is -0.493 e. The molecule has 0 saturated heterocycles. The first-order valence-electron chi connectivity index (χ1n) is 7.88. The highest BCUT2D eigenvalue weighted by molar-refractivity contribution is 8.01. The number of anilines is 1. The number of hydrogen-bond donors (Lipinski definition) is 2. The van der Waals surface area contributed by atoms with Gasteiger partial charge in [0, 0.05) is 7.05 Å². The number of carbonyl (C=O) groups is 2. The van der Waals surface area contributed by atoms with Gasteiger partial charge < -0.3 is 10.1 Å². The molecule has 0 saturated carbocycles. The van der Waals surface area contributed by atoms with Gasteiger partial charge in [0.15, 0.2) is 15.8 Å². The van der Waals surface area contributed by atoms with Gasteiger partial charge in [0.25, 0.3) is 5.91 Å². The largest absolute Gasteiger partial charge is 0.493 e. The fourth-order valence-electron chi connectivity index (χ4n) is 2.07. The molecule has 28 heavy (non-hydrogen) atoms. The van der Waals surface area contributed by atoms with E-state index in [2.05, 4.69) is 25.9 Å². The van der Waals surface area contributed by atoms with Crippen LogP contribution in [0.15, 0.2) is 34.8 Å². The molecule has 2 aromatic heterocycles. The molecular weight excluding hydrogens is 407 g/mol. The van der Waals surface area contributed by atoms with E-state index in [0.717, 1.165) is 11.3 Å². The van der Waals surface area contributed by atoms with E-state index in [1.807, 2.05) is 0 Å². The van der Waals surface area contributed by atoms with Crippen LogP contribution in [-0.2, 0) is 4.79 Å². The number of halogens is 1. The van der Waals surface area contributed by atoms with Crippen LogP contribution in [0.5, 0.6) is 5.75 Å². The number of rotatable bonds is 7. The summed E-state index contributed by atoms with van der Waals surface area (Å²) in [6.45, 7) is 0. The zero-order chi connectivity index (χ0) is 20.1. The first-order valence-corrected chi connectivity index (χ1v) is 9.68. The van der Waals surface area contributed by atoms with Crippen LogP contribution in [0, 0.1) is 5.82 Å². The van der Waals surface area contributed by atoms with Crippen molar-refractivity contribution in [1.29, 1.82) is 0 Å². The minimum absolute atomic E-state index is 0.0431. The third-order valence-electron chi connectivity index (χ3n) is 3.44. The van der Waals surface area contributed by atoms with E-state index in [1.165, 1.54) is 54.0 Å². The maximum atomic E-state index is 13.1. The van der Waals surface area contributed by atoms with Crippen molar-refractivity contribution >= 4 is 40.0 Å². The highest BCUT2D eigenvalue weighted by atomic mass is 32.2. The van der Waals surface area contributed by atoms with Crippen molar-refractivity contribution in [3.8, 4) is 11.4 Å². The van der Waals surface area contributed by atoms with Crippen LogP contribution in [0.1, 0.15) is 10.5 Å². The van der Waals surface area contributed by atoms with Gasteiger partial charge in [0.2, 0.25) is 11.0 Å². The molecule has 2 amide bonds. The van der Waals surface area contributed by atoms with E-state index in [0.29, 0.717) is 10.0 Å². The first kappa shape index (κ1) is 19.8. The summed E-state index contributed by atoms with van der Waals surface area (Å²) in [7, 11) is 2.97. The summed E-state index contributed by atoms with van der Waals surface area (Å²) in [5, 5.41) is 17.4. The van der Waals surface area contributed by atoms with Crippen LogP contribution in [0.4, 0.5) is 9.52 Å². The highest BCUT2D eigenvalue weighted by Crippen LogP contribution is 2.26. The van der Waals surface area contributed by atoms with E-state index in [4.69, 9.17) is 4.74 Å². The molecule has 3 aromatic rings. The van der Waals surface area contributed by atoms with Crippen molar-refractivity contribution in [2.45, 2.75) is 4.34 Å². The molecule has 2 N–H and O–H groups in total. The normalized spacial score (nSPS) is 10.5. The Morgan fingerprint density at radius 2 is 2.04 bits per heavy atom. The summed E-state index contributed by atoms with van der Waals surface area (Å²) in [6.07, 6.45) is 1.52. The average Bonchev–Trinajstić information content (AvgIpc) is 3.33. The summed E-state index contributed by atoms with van der Waals surface area (Å²) in [4.78, 5) is 23.8. The molecule has 12 heteroatoms. The second-order valence-electron chi connectivity index (χ2n) is 5.26. The number of ether oxygens (including phenoxy) is 1. The van der Waals surface area contributed by atoms with Gasteiger partial charge in [-0.15, -0.1) is 10.2 Å². The van der Waals surface area contributed by atoms with Crippen LogP contribution in [0.3, 0.4) is 0 Å². The third-order valence-corrected chi connectivity index (χ3v) is 5.41. The molecule has 0 aliphatic rings. The van der Waals surface area contributed by atoms with E-state index in [1.54, 1.807) is 7.05 Å². The van der Waals surface area contributed by atoms with Crippen molar-refractivity contribution in [3.05, 3.63) is 42.0 Å². The number of carbonyl (C=O) groups excluding carboxylic acids is 2. The molecule has 146 valence electrons. The second-order valence-corrected chi connectivity index (χ2v) is 7.46. The molecule has 3 rings (SSSR count). The topological polar surface area (TPSA) is 111 Å². The summed E-state index contributed by atoms with van der Waals surface area (Å²) in [5.74, 6) is -0.587. The quantitative estimate of drug-likeness (QED) is 0.442. The lowest BCUT2D eigenvalue weighted by Crippen LogP contribution is -2.19. The summed E-state index contributed by atoms with van der Waals surface area (Å²) < 4.78 is 20.3. The Morgan fingerprint density at radius 1 is 1.29 bits per heavy atom. The zero-order valence-electron chi connectivity index (χ0n) is 14.8. The summed E-state index contributed by atoms with van der Waals surface area (Å²) in [6, 6.07) is 5.65. The molecule has 0 aliphatic heterocycles. The van der Waals surface area contributed by atoms with Crippen LogP contribution in [-0.4, -0.2) is 51.7 Å². The van der Waals surface area contributed by atoms with Crippen molar-refractivity contribution < 1.29 is 18.7 Å².